The van der Waals surface area contributed by atoms with Crippen LogP contribution in [0.1, 0.15) is 53.1 Å². The van der Waals surface area contributed by atoms with E-state index in [4.69, 9.17) is 4.74 Å². The molecule has 0 amide bonds. The number of Topliss-reactive ketones (excluding diaryl/α,β-unsaturated/α-hetero) is 1. The zero-order chi connectivity index (χ0) is 15.4. The molecule has 0 saturated carbocycles. The maximum Gasteiger partial charge on any atom is 0.339 e. The van der Waals surface area contributed by atoms with Crippen LogP contribution in [0, 0.1) is 6.92 Å². The number of nitrogens with zero attached hydrogens (tertiary/aromatic N) is 1. The number of hydrogen-bond donors (Lipinski definition) is 0. The first-order valence-electron chi connectivity index (χ1n) is 7.13. The van der Waals surface area contributed by atoms with E-state index in [0.29, 0.717) is 34.3 Å². The fraction of sp³-hybridized carbons (Fsp3) is 0.353. The number of benzene rings is 1. The number of aromatic nitrogens is 1. The lowest BCUT2D eigenvalue weighted by Crippen LogP contribution is -2.14. The first-order chi connectivity index (χ1) is 10.1. The maximum atomic E-state index is 12.4. The highest BCUT2D eigenvalue weighted by Gasteiger charge is 2.22. The minimum Gasteiger partial charge on any atom is -0.462 e. The van der Waals surface area contributed by atoms with Crippen LogP contribution >= 0.6 is 0 Å². The van der Waals surface area contributed by atoms with E-state index in [1.165, 1.54) is 6.92 Å². The van der Waals surface area contributed by atoms with Gasteiger partial charge in [-0.15, -0.1) is 0 Å². The van der Waals surface area contributed by atoms with Crippen molar-refractivity contribution in [2.75, 3.05) is 6.61 Å². The summed E-state index contributed by atoms with van der Waals surface area (Å²) in [5.74, 6) is -0.622. The first kappa shape index (κ1) is 15.2. The van der Waals surface area contributed by atoms with Gasteiger partial charge in [0, 0.05) is 11.1 Å². The highest BCUT2D eigenvalue weighted by molar-refractivity contribution is 6.13. The van der Waals surface area contributed by atoms with Gasteiger partial charge in [0.25, 0.3) is 0 Å². The lowest BCUT2D eigenvalue weighted by Gasteiger charge is -2.13. The molecule has 0 radical (unpaired) electrons. The fourth-order valence-electron chi connectivity index (χ4n) is 2.36. The van der Waals surface area contributed by atoms with Crippen molar-refractivity contribution in [1.29, 1.82) is 0 Å². The molecule has 2 rings (SSSR count). The number of carbonyl (C=O) groups is 2. The van der Waals surface area contributed by atoms with Gasteiger partial charge in [0.15, 0.2) is 5.78 Å². The Kier molecular flexibility index (Phi) is 4.68. The van der Waals surface area contributed by atoms with E-state index in [1.54, 1.807) is 13.0 Å². The molecule has 110 valence electrons. The lowest BCUT2D eigenvalue weighted by atomic mass is 9.98. The number of fused-ring (bicyclic) bond motifs is 1. The average Bonchev–Trinajstić information content (AvgIpc) is 2.45. The highest BCUT2D eigenvalue weighted by Crippen LogP contribution is 2.24. The number of ketones is 1. The number of hydrogen-bond acceptors (Lipinski definition) is 4. The number of rotatable bonds is 5. The van der Waals surface area contributed by atoms with Crippen molar-refractivity contribution in [3.05, 3.63) is 41.1 Å². The van der Waals surface area contributed by atoms with Crippen LogP contribution in [0.4, 0.5) is 0 Å². The van der Waals surface area contributed by atoms with Crippen LogP contribution in [0.25, 0.3) is 10.9 Å². The van der Waals surface area contributed by atoms with Crippen molar-refractivity contribution in [3.63, 3.8) is 0 Å². The van der Waals surface area contributed by atoms with Crippen molar-refractivity contribution >= 4 is 22.7 Å². The van der Waals surface area contributed by atoms with Gasteiger partial charge in [-0.2, -0.15) is 0 Å². The predicted octanol–water partition coefficient (Wildman–Crippen LogP) is 3.70. The summed E-state index contributed by atoms with van der Waals surface area (Å²) in [5.41, 5.74) is 1.95. The molecule has 0 saturated heterocycles. The molecule has 0 bridgehead atoms. The normalized spacial score (nSPS) is 10.6. The van der Waals surface area contributed by atoms with Crippen LogP contribution < -0.4 is 0 Å². The zero-order valence-electron chi connectivity index (χ0n) is 12.6. The summed E-state index contributed by atoms with van der Waals surface area (Å²) in [4.78, 5) is 28.7. The third kappa shape index (κ3) is 3.10. The summed E-state index contributed by atoms with van der Waals surface area (Å²) < 4.78 is 5.30. The number of pyridine rings is 1. The zero-order valence-corrected chi connectivity index (χ0v) is 12.6. The van der Waals surface area contributed by atoms with Gasteiger partial charge in [0.2, 0.25) is 0 Å². The molecule has 1 aromatic carbocycles. The molecule has 0 spiro atoms. The molecule has 0 fully saturated rings. The van der Waals surface area contributed by atoms with E-state index in [2.05, 4.69) is 4.98 Å². The number of aryl methyl sites for hydroxylation is 1. The van der Waals surface area contributed by atoms with Crippen LogP contribution in [-0.2, 0) is 4.74 Å². The molecular formula is C17H19NO3. The number of para-hydroxylation sites is 1. The van der Waals surface area contributed by atoms with Gasteiger partial charge >= 0.3 is 5.97 Å². The second-order valence-corrected chi connectivity index (χ2v) is 5.01. The summed E-state index contributed by atoms with van der Waals surface area (Å²) in [6.45, 7) is 5.58. The summed E-state index contributed by atoms with van der Waals surface area (Å²) in [6.07, 6.45) is 1.76. The van der Waals surface area contributed by atoms with Gasteiger partial charge in [0.1, 0.15) is 0 Å². The molecule has 0 aliphatic heterocycles. The minimum atomic E-state index is -0.449. The molecule has 0 atom stereocenters. The van der Waals surface area contributed by atoms with E-state index in [1.807, 2.05) is 25.1 Å². The van der Waals surface area contributed by atoms with Crippen molar-refractivity contribution in [2.45, 2.75) is 33.6 Å². The van der Waals surface area contributed by atoms with Gasteiger partial charge in [-0.05, 0) is 26.3 Å². The largest absolute Gasteiger partial charge is 0.462 e. The van der Waals surface area contributed by atoms with E-state index in [-0.39, 0.29) is 5.78 Å². The predicted molar refractivity (Wildman–Crippen MR) is 81.7 cm³/mol. The SMILES string of the molecule is CCCCOC(=O)c1c(C(C)=O)c(C)nc2ccccc12. The Labute approximate surface area is 124 Å². The van der Waals surface area contributed by atoms with Crippen molar-refractivity contribution in [3.8, 4) is 0 Å². The van der Waals surface area contributed by atoms with Crippen LogP contribution in [0.5, 0.6) is 0 Å². The van der Waals surface area contributed by atoms with Gasteiger partial charge in [-0.1, -0.05) is 31.5 Å². The summed E-state index contributed by atoms with van der Waals surface area (Å²) in [7, 11) is 0. The lowest BCUT2D eigenvalue weighted by molar-refractivity contribution is 0.0499. The number of unbranched alkanes of at least 4 members (excludes halogenated alkanes) is 1. The smallest absolute Gasteiger partial charge is 0.339 e. The van der Waals surface area contributed by atoms with Crippen LogP contribution in [0.15, 0.2) is 24.3 Å². The molecule has 2 aromatic rings. The van der Waals surface area contributed by atoms with E-state index < -0.39 is 5.97 Å². The molecule has 1 heterocycles. The molecule has 0 N–H and O–H groups in total. The van der Waals surface area contributed by atoms with Crippen LogP contribution in [-0.4, -0.2) is 23.3 Å². The first-order valence-corrected chi connectivity index (χ1v) is 7.13. The monoisotopic (exact) mass is 285 g/mol. The third-order valence-corrected chi connectivity index (χ3v) is 3.36. The Morgan fingerprint density at radius 3 is 2.57 bits per heavy atom. The van der Waals surface area contributed by atoms with Crippen molar-refractivity contribution in [1.82, 2.24) is 4.98 Å². The van der Waals surface area contributed by atoms with Crippen molar-refractivity contribution in [2.24, 2.45) is 0 Å². The highest BCUT2D eigenvalue weighted by atomic mass is 16.5. The quantitative estimate of drug-likeness (QED) is 0.477. The van der Waals surface area contributed by atoms with Gasteiger partial charge in [0.05, 0.1) is 23.3 Å². The molecule has 0 aliphatic carbocycles. The standard InChI is InChI=1S/C17H19NO3/c1-4-5-10-21-17(20)16-13-8-6-7-9-14(13)18-11(2)15(16)12(3)19/h6-9H,4-5,10H2,1-3H3. The molecule has 0 aliphatic rings. The van der Waals surface area contributed by atoms with Crippen molar-refractivity contribution < 1.29 is 14.3 Å². The van der Waals surface area contributed by atoms with E-state index in [9.17, 15) is 9.59 Å². The average molecular weight is 285 g/mol. The number of carbonyl (C=O) groups excluding carboxylic acids is 2. The number of ether oxygens (including phenoxy) is 1. The van der Waals surface area contributed by atoms with Crippen LogP contribution in [0.2, 0.25) is 0 Å². The van der Waals surface area contributed by atoms with Crippen LogP contribution in [0.3, 0.4) is 0 Å². The second kappa shape index (κ2) is 6.48. The van der Waals surface area contributed by atoms with Gasteiger partial charge < -0.3 is 4.74 Å². The maximum absolute atomic E-state index is 12.4. The van der Waals surface area contributed by atoms with E-state index >= 15 is 0 Å². The Bertz CT molecular complexity index is 692. The number of esters is 1. The Balaban J connectivity index is 2.59. The van der Waals surface area contributed by atoms with Gasteiger partial charge in [-0.3, -0.25) is 9.78 Å². The molecule has 1 aromatic heterocycles. The third-order valence-electron chi connectivity index (χ3n) is 3.36. The summed E-state index contributed by atoms with van der Waals surface area (Å²) in [5, 5.41) is 0.662. The molecule has 4 heteroatoms. The molecule has 0 unspecified atom stereocenters. The summed E-state index contributed by atoms with van der Waals surface area (Å²) >= 11 is 0. The fourth-order valence-corrected chi connectivity index (χ4v) is 2.36. The Morgan fingerprint density at radius 2 is 1.90 bits per heavy atom. The molecule has 21 heavy (non-hydrogen) atoms. The Morgan fingerprint density at radius 1 is 1.19 bits per heavy atom. The Hall–Kier alpha value is -2.23. The second-order valence-electron chi connectivity index (χ2n) is 5.01. The van der Waals surface area contributed by atoms with E-state index in [0.717, 1.165) is 12.8 Å². The minimum absolute atomic E-state index is 0.173. The molecule has 4 nitrogen and oxygen atoms in total. The summed E-state index contributed by atoms with van der Waals surface area (Å²) in [6, 6.07) is 7.31. The van der Waals surface area contributed by atoms with Gasteiger partial charge in [-0.25, -0.2) is 4.79 Å². The molecular weight excluding hydrogens is 266 g/mol. The topological polar surface area (TPSA) is 56.3 Å².